The molecular formula is C13H19N3O. The zero-order chi connectivity index (χ0) is 12.1. The van der Waals surface area contributed by atoms with Gasteiger partial charge in [0.2, 0.25) is 0 Å². The van der Waals surface area contributed by atoms with Crippen molar-refractivity contribution in [3.63, 3.8) is 0 Å². The van der Waals surface area contributed by atoms with E-state index in [1.54, 1.807) is 0 Å². The van der Waals surface area contributed by atoms with Crippen molar-refractivity contribution in [2.45, 2.75) is 24.8 Å². The van der Waals surface area contributed by atoms with Crippen LogP contribution in [-0.2, 0) is 0 Å². The van der Waals surface area contributed by atoms with Gasteiger partial charge in [0.05, 0.1) is 0 Å². The molecule has 17 heavy (non-hydrogen) atoms. The van der Waals surface area contributed by atoms with Gasteiger partial charge in [-0.2, -0.15) is 0 Å². The minimum absolute atomic E-state index is 0.456. The van der Waals surface area contributed by atoms with E-state index < -0.39 is 6.03 Å². The van der Waals surface area contributed by atoms with Crippen LogP contribution in [0.25, 0.3) is 0 Å². The molecule has 0 aromatic heterocycles. The molecule has 92 valence electrons. The number of urea groups is 1. The highest BCUT2D eigenvalue weighted by molar-refractivity contribution is 5.71. The molecule has 4 heteroatoms. The van der Waals surface area contributed by atoms with Crippen LogP contribution >= 0.6 is 0 Å². The van der Waals surface area contributed by atoms with Gasteiger partial charge in [-0.1, -0.05) is 30.3 Å². The van der Waals surface area contributed by atoms with Crippen LogP contribution in [0.15, 0.2) is 30.3 Å². The Labute approximate surface area is 102 Å². The molecule has 1 aromatic rings. The van der Waals surface area contributed by atoms with Gasteiger partial charge >= 0.3 is 6.03 Å². The van der Waals surface area contributed by atoms with Gasteiger partial charge in [-0.15, -0.1) is 0 Å². The van der Waals surface area contributed by atoms with Crippen LogP contribution in [0, 0.1) is 0 Å². The first-order valence-corrected chi connectivity index (χ1v) is 6.07. The van der Waals surface area contributed by atoms with Crippen LogP contribution in [0.5, 0.6) is 0 Å². The third-order valence-corrected chi connectivity index (χ3v) is 3.27. The maximum atomic E-state index is 10.4. The number of carbonyl (C=O) groups excluding carboxylic acids is 1. The number of primary amides is 1. The van der Waals surface area contributed by atoms with Gasteiger partial charge in [-0.3, -0.25) is 0 Å². The number of amides is 2. The van der Waals surface area contributed by atoms with E-state index >= 15 is 0 Å². The quantitative estimate of drug-likeness (QED) is 0.669. The molecule has 0 unspecified atom stereocenters. The molecule has 0 atom stereocenters. The molecule has 0 saturated heterocycles. The van der Waals surface area contributed by atoms with Crippen molar-refractivity contribution in [2.75, 3.05) is 13.1 Å². The fourth-order valence-electron chi connectivity index (χ4n) is 2.24. The van der Waals surface area contributed by atoms with E-state index in [0.717, 1.165) is 6.54 Å². The summed E-state index contributed by atoms with van der Waals surface area (Å²) in [6.07, 6.45) is 2.36. The normalized spacial score (nSPS) is 22.8. The highest BCUT2D eigenvalue weighted by Crippen LogP contribution is 2.36. The number of hydrogen-bond donors (Lipinski definition) is 3. The second-order valence-electron chi connectivity index (χ2n) is 4.52. The van der Waals surface area contributed by atoms with Crippen molar-refractivity contribution in [2.24, 2.45) is 5.73 Å². The van der Waals surface area contributed by atoms with Crippen LogP contribution < -0.4 is 16.4 Å². The fraction of sp³-hybridized carbons (Fsp3) is 0.462. The summed E-state index contributed by atoms with van der Waals surface area (Å²) >= 11 is 0. The van der Waals surface area contributed by atoms with Gasteiger partial charge in [0.25, 0.3) is 0 Å². The summed E-state index contributed by atoms with van der Waals surface area (Å²) in [5.74, 6) is 0.692. The number of carbonyl (C=O) groups is 1. The van der Waals surface area contributed by atoms with Crippen molar-refractivity contribution in [1.29, 1.82) is 0 Å². The summed E-state index contributed by atoms with van der Waals surface area (Å²) in [6.45, 7) is 1.39. The molecule has 1 aliphatic rings. The second kappa shape index (κ2) is 5.68. The topological polar surface area (TPSA) is 67.2 Å². The lowest BCUT2D eigenvalue weighted by Gasteiger charge is -2.36. The molecule has 0 spiro atoms. The van der Waals surface area contributed by atoms with Gasteiger partial charge in [0.1, 0.15) is 0 Å². The van der Waals surface area contributed by atoms with Gasteiger partial charge < -0.3 is 16.4 Å². The average Bonchev–Trinajstić information content (AvgIpc) is 2.27. The van der Waals surface area contributed by atoms with E-state index in [9.17, 15) is 4.79 Å². The highest BCUT2D eigenvalue weighted by atomic mass is 16.2. The monoisotopic (exact) mass is 233 g/mol. The molecule has 1 aliphatic carbocycles. The first-order valence-electron chi connectivity index (χ1n) is 6.07. The Hall–Kier alpha value is -1.55. The average molecular weight is 233 g/mol. The lowest BCUT2D eigenvalue weighted by Crippen LogP contribution is -2.44. The van der Waals surface area contributed by atoms with Crippen LogP contribution in [0.2, 0.25) is 0 Å². The summed E-state index contributed by atoms with van der Waals surface area (Å²) in [5.41, 5.74) is 6.41. The molecule has 4 nitrogen and oxygen atoms in total. The second-order valence-corrected chi connectivity index (χ2v) is 4.52. The van der Waals surface area contributed by atoms with Gasteiger partial charge in [0.15, 0.2) is 0 Å². The number of nitrogens with one attached hydrogen (secondary N) is 2. The molecule has 2 rings (SSSR count). The number of rotatable bonds is 5. The molecule has 4 N–H and O–H groups in total. The van der Waals surface area contributed by atoms with Crippen molar-refractivity contribution < 1.29 is 4.79 Å². The first-order chi connectivity index (χ1) is 8.25. The summed E-state index contributed by atoms with van der Waals surface area (Å²) in [7, 11) is 0. The molecule has 0 aliphatic heterocycles. The number of benzene rings is 1. The molecule has 0 radical (unpaired) electrons. The van der Waals surface area contributed by atoms with E-state index in [4.69, 9.17) is 5.73 Å². The minimum Gasteiger partial charge on any atom is -0.352 e. The Morgan fingerprint density at radius 3 is 2.59 bits per heavy atom. The smallest absolute Gasteiger partial charge is 0.312 e. The summed E-state index contributed by atoms with van der Waals surface area (Å²) in [6, 6.07) is 10.7. The van der Waals surface area contributed by atoms with Crippen molar-refractivity contribution in [1.82, 2.24) is 10.6 Å². The van der Waals surface area contributed by atoms with Crippen molar-refractivity contribution in [3.8, 4) is 0 Å². The van der Waals surface area contributed by atoms with Crippen LogP contribution in [0.1, 0.15) is 24.3 Å². The van der Waals surface area contributed by atoms with Gasteiger partial charge in [0, 0.05) is 19.1 Å². The standard InChI is InChI=1S/C13H19N3O/c14-13(17)16-7-6-15-12-8-11(9-12)10-4-2-1-3-5-10/h1-5,11-12,15H,6-9H2,(H3,14,16,17). The van der Waals surface area contributed by atoms with Gasteiger partial charge in [-0.05, 0) is 24.3 Å². The molecule has 1 aromatic carbocycles. The third kappa shape index (κ3) is 3.46. The van der Waals surface area contributed by atoms with E-state index in [2.05, 4.69) is 34.9 Å². The maximum Gasteiger partial charge on any atom is 0.312 e. The van der Waals surface area contributed by atoms with Gasteiger partial charge in [-0.25, -0.2) is 4.79 Å². The predicted molar refractivity (Wildman–Crippen MR) is 67.8 cm³/mol. The lowest BCUT2D eigenvalue weighted by atomic mass is 9.76. The lowest BCUT2D eigenvalue weighted by molar-refractivity contribution is 0.247. The van der Waals surface area contributed by atoms with E-state index in [0.29, 0.717) is 18.5 Å². The maximum absolute atomic E-state index is 10.4. The predicted octanol–water partition coefficient (Wildman–Crippen LogP) is 1.19. The Kier molecular flexibility index (Phi) is 3.98. The Morgan fingerprint density at radius 1 is 1.24 bits per heavy atom. The SMILES string of the molecule is NC(=O)NCCNC1CC(c2ccccc2)C1. The van der Waals surface area contributed by atoms with Crippen LogP contribution in [0.4, 0.5) is 4.79 Å². The number of hydrogen-bond acceptors (Lipinski definition) is 2. The summed E-state index contributed by atoms with van der Waals surface area (Å²) in [4.78, 5) is 10.4. The van der Waals surface area contributed by atoms with E-state index in [1.165, 1.54) is 18.4 Å². The number of nitrogens with two attached hydrogens (primary N) is 1. The van der Waals surface area contributed by atoms with E-state index in [-0.39, 0.29) is 0 Å². The minimum atomic E-state index is -0.456. The van der Waals surface area contributed by atoms with Crippen LogP contribution in [-0.4, -0.2) is 25.2 Å². The summed E-state index contributed by atoms with van der Waals surface area (Å²) in [5, 5.41) is 5.97. The highest BCUT2D eigenvalue weighted by Gasteiger charge is 2.29. The first kappa shape index (κ1) is 11.9. The third-order valence-electron chi connectivity index (χ3n) is 3.27. The fourth-order valence-corrected chi connectivity index (χ4v) is 2.24. The van der Waals surface area contributed by atoms with Crippen molar-refractivity contribution >= 4 is 6.03 Å². The zero-order valence-electron chi connectivity index (χ0n) is 9.86. The largest absolute Gasteiger partial charge is 0.352 e. The van der Waals surface area contributed by atoms with Crippen LogP contribution in [0.3, 0.4) is 0 Å². The molecule has 0 bridgehead atoms. The zero-order valence-corrected chi connectivity index (χ0v) is 9.86. The molecule has 1 fully saturated rings. The molecule has 0 heterocycles. The summed E-state index contributed by atoms with van der Waals surface area (Å²) < 4.78 is 0. The Morgan fingerprint density at radius 2 is 1.94 bits per heavy atom. The van der Waals surface area contributed by atoms with E-state index in [1.807, 2.05) is 6.07 Å². The molecular weight excluding hydrogens is 214 g/mol. The van der Waals surface area contributed by atoms with Crippen molar-refractivity contribution in [3.05, 3.63) is 35.9 Å². The molecule has 2 amide bonds. The Balaban J connectivity index is 1.61. The Bertz CT molecular complexity index is 360. The molecule has 1 saturated carbocycles.